The number of ether oxygens (including phenoxy) is 2. The van der Waals surface area contributed by atoms with Crippen LogP contribution in [0.5, 0.6) is 11.6 Å². The molecule has 4 aromatic rings. The van der Waals surface area contributed by atoms with Crippen LogP contribution >= 0.6 is 0 Å². The molecule has 3 aromatic heterocycles. The van der Waals surface area contributed by atoms with Gasteiger partial charge in [-0.25, -0.2) is 0 Å². The van der Waals surface area contributed by atoms with E-state index in [-0.39, 0.29) is 17.2 Å². The van der Waals surface area contributed by atoms with Crippen LogP contribution in [0.3, 0.4) is 0 Å². The summed E-state index contributed by atoms with van der Waals surface area (Å²) in [5.41, 5.74) is 1.56. The Kier molecular flexibility index (Phi) is 5.38. The number of benzene rings is 1. The van der Waals surface area contributed by atoms with E-state index in [4.69, 9.17) is 13.6 Å². The maximum Gasteiger partial charge on any atom is 0.273 e. The third-order valence-electron chi connectivity index (χ3n) is 4.59. The summed E-state index contributed by atoms with van der Waals surface area (Å²) in [7, 11) is 4.65. The Bertz CT molecular complexity index is 1410. The fraction of sp³-hybridized carbons (Fsp3) is 0.190. The van der Waals surface area contributed by atoms with Crippen LogP contribution in [-0.2, 0) is 7.05 Å². The number of anilines is 4. The molecule has 0 saturated carbocycles. The Labute approximate surface area is 198 Å². The van der Waals surface area contributed by atoms with Crippen molar-refractivity contribution in [2.45, 2.75) is 0 Å². The van der Waals surface area contributed by atoms with Gasteiger partial charge in [0.2, 0.25) is 5.88 Å². The third kappa shape index (κ3) is 4.67. The van der Waals surface area contributed by atoms with Gasteiger partial charge in [-0.1, -0.05) is 6.07 Å². The van der Waals surface area contributed by atoms with E-state index < -0.39 is 12.9 Å². The molecule has 0 aliphatic rings. The average Bonchev–Trinajstić information content (AvgIpc) is 3.29. The Morgan fingerprint density at radius 3 is 2.53 bits per heavy atom. The smallest absolute Gasteiger partial charge is 0.273 e. The van der Waals surface area contributed by atoms with E-state index in [1.165, 1.54) is 25.1 Å². The molecular formula is C21H22N10O3. The van der Waals surface area contributed by atoms with Gasteiger partial charge in [-0.05, 0) is 18.2 Å². The normalized spacial score (nSPS) is 12.1. The standard InChI is InChI=1S/C21H22N10O3/c1-22-21(32)19-14(10-17(27-29-19)25-16-8-9-18(33-3)28-26-16)24-13-7-5-6-12(20(13)34-4)15-11-23-31(2)30-15/h5-11H,1-4H3,(H,22,32)(H2,24,25,26,27)/i1D3. The second-order valence-electron chi connectivity index (χ2n) is 6.76. The summed E-state index contributed by atoms with van der Waals surface area (Å²) in [6, 6.07) is 9.97. The van der Waals surface area contributed by atoms with Gasteiger partial charge in [0.25, 0.3) is 5.91 Å². The number of hydrogen-bond donors (Lipinski definition) is 3. The zero-order valence-electron chi connectivity index (χ0n) is 21.4. The molecule has 1 aromatic carbocycles. The van der Waals surface area contributed by atoms with E-state index in [0.717, 1.165) is 0 Å². The van der Waals surface area contributed by atoms with Gasteiger partial charge in [-0.15, -0.1) is 20.4 Å². The van der Waals surface area contributed by atoms with Crippen LogP contribution in [-0.4, -0.2) is 62.5 Å². The van der Waals surface area contributed by atoms with Crippen LogP contribution in [0, 0.1) is 0 Å². The maximum atomic E-state index is 12.7. The fourth-order valence-electron chi connectivity index (χ4n) is 3.07. The zero-order valence-corrected chi connectivity index (χ0v) is 18.4. The summed E-state index contributed by atoms with van der Waals surface area (Å²) < 4.78 is 32.8. The number of amides is 1. The van der Waals surface area contributed by atoms with Crippen molar-refractivity contribution < 1.29 is 18.4 Å². The van der Waals surface area contributed by atoms with Crippen molar-refractivity contribution in [3.05, 3.63) is 48.3 Å². The monoisotopic (exact) mass is 465 g/mol. The molecule has 13 heteroatoms. The second kappa shape index (κ2) is 9.77. The fourth-order valence-corrected chi connectivity index (χ4v) is 3.07. The van der Waals surface area contributed by atoms with Crippen molar-refractivity contribution in [2.24, 2.45) is 7.05 Å². The first-order chi connectivity index (χ1) is 17.7. The van der Waals surface area contributed by atoms with Crippen LogP contribution < -0.4 is 25.4 Å². The predicted molar refractivity (Wildman–Crippen MR) is 124 cm³/mol. The second-order valence-corrected chi connectivity index (χ2v) is 6.76. The Morgan fingerprint density at radius 1 is 1.00 bits per heavy atom. The van der Waals surface area contributed by atoms with Crippen LogP contribution in [0.1, 0.15) is 14.6 Å². The highest BCUT2D eigenvalue weighted by atomic mass is 16.5. The highest BCUT2D eigenvalue weighted by Crippen LogP contribution is 2.37. The molecule has 0 bridgehead atoms. The lowest BCUT2D eigenvalue weighted by Gasteiger charge is -2.16. The van der Waals surface area contributed by atoms with E-state index in [1.54, 1.807) is 43.6 Å². The molecule has 0 aliphatic carbocycles. The molecule has 3 N–H and O–H groups in total. The number of carbonyl (C=O) groups excluding carboxylic acids is 1. The highest BCUT2D eigenvalue weighted by Gasteiger charge is 2.19. The summed E-state index contributed by atoms with van der Waals surface area (Å²) in [4.78, 5) is 14.2. The number of nitrogens with one attached hydrogen (secondary N) is 3. The van der Waals surface area contributed by atoms with Crippen molar-refractivity contribution in [1.82, 2.24) is 40.7 Å². The summed E-state index contributed by atoms with van der Waals surface area (Å²) in [6.45, 7) is -2.73. The van der Waals surface area contributed by atoms with Crippen molar-refractivity contribution in [3.8, 4) is 22.9 Å². The van der Waals surface area contributed by atoms with Crippen LogP contribution in [0.2, 0.25) is 0 Å². The summed E-state index contributed by atoms with van der Waals surface area (Å²) in [5, 5.41) is 32.1. The van der Waals surface area contributed by atoms with Gasteiger partial charge < -0.3 is 25.4 Å². The minimum absolute atomic E-state index is 0.148. The van der Waals surface area contributed by atoms with E-state index >= 15 is 0 Å². The SMILES string of the molecule is [2H]C([2H])([2H])NC(=O)c1nnc(Nc2ccc(OC)nn2)cc1Nc1cccc(-c2cnn(C)n2)c1OC. The van der Waals surface area contributed by atoms with E-state index in [1.807, 2.05) is 5.32 Å². The van der Waals surface area contributed by atoms with Gasteiger partial charge in [0.05, 0.1) is 31.8 Å². The van der Waals surface area contributed by atoms with Gasteiger partial charge in [0.15, 0.2) is 23.1 Å². The number of hydrogen-bond acceptors (Lipinski definition) is 11. The lowest BCUT2D eigenvalue weighted by molar-refractivity contribution is 0.0958. The van der Waals surface area contributed by atoms with Crippen LogP contribution in [0.15, 0.2) is 42.6 Å². The van der Waals surface area contributed by atoms with Gasteiger partial charge >= 0.3 is 0 Å². The maximum absolute atomic E-state index is 12.7. The van der Waals surface area contributed by atoms with Crippen LogP contribution in [0.25, 0.3) is 11.3 Å². The molecular weight excluding hydrogens is 440 g/mol. The number of carbonyl (C=O) groups is 1. The largest absolute Gasteiger partial charge is 0.494 e. The molecule has 0 unspecified atom stereocenters. The first kappa shape index (κ1) is 18.7. The molecule has 0 aliphatic heterocycles. The highest BCUT2D eigenvalue weighted by molar-refractivity contribution is 5.99. The van der Waals surface area contributed by atoms with E-state index in [0.29, 0.717) is 34.4 Å². The van der Waals surface area contributed by atoms with Crippen molar-refractivity contribution >= 4 is 28.9 Å². The van der Waals surface area contributed by atoms with E-state index in [2.05, 4.69) is 41.2 Å². The van der Waals surface area contributed by atoms with Gasteiger partial charge in [0, 0.05) is 35.8 Å². The molecule has 0 spiro atoms. The van der Waals surface area contributed by atoms with Crippen molar-refractivity contribution in [2.75, 3.05) is 31.8 Å². The first-order valence-corrected chi connectivity index (χ1v) is 9.82. The lowest BCUT2D eigenvalue weighted by Crippen LogP contribution is -2.21. The molecule has 0 radical (unpaired) electrons. The predicted octanol–water partition coefficient (Wildman–Crippen LogP) is 1.93. The Morgan fingerprint density at radius 2 is 1.85 bits per heavy atom. The molecule has 1 amide bonds. The molecule has 0 saturated heterocycles. The molecule has 174 valence electrons. The van der Waals surface area contributed by atoms with Crippen LogP contribution in [0.4, 0.5) is 23.0 Å². The number of methoxy groups -OCH3 is 2. The number of nitrogens with zero attached hydrogens (tertiary/aromatic N) is 7. The molecule has 0 fully saturated rings. The number of aryl methyl sites for hydroxylation is 1. The zero-order chi connectivity index (χ0) is 26.6. The number of para-hydroxylation sites is 1. The van der Waals surface area contributed by atoms with Gasteiger partial charge in [-0.3, -0.25) is 4.79 Å². The lowest BCUT2D eigenvalue weighted by atomic mass is 10.1. The molecule has 4 rings (SSSR count). The van der Waals surface area contributed by atoms with Crippen molar-refractivity contribution in [3.63, 3.8) is 0 Å². The molecule has 0 atom stereocenters. The molecule has 3 heterocycles. The number of rotatable bonds is 8. The molecule has 34 heavy (non-hydrogen) atoms. The summed E-state index contributed by atoms with van der Waals surface area (Å²) in [6.07, 6.45) is 1.59. The quantitative estimate of drug-likeness (QED) is 0.350. The summed E-state index contributed by atoms with van der Waals surface area (Å²) >= 11 is 0. The minimum Gasteiger partial charge on any atom is -0.494 e. The van der Waals surface area contributed by atoms with Gasteiger partial charge in [-0.2, -0.15) is 15.0 Å². The molecule has 13 nitrogen and oxygen atoms in total. The number of aromatic nitrogens is 7. The minimum atomic E-state index is -2.73. The summed E-state index contributed by atoms with van der Waals surface area (Å²) in [5.74, 6) is 0.331. The Hall–Kier alpha value is -4.81. The first-order valence-electron chi connectivity index (χ1n) is 11.3. The Balaban J connectivity index is 1.73. The van der Waals surface area contributed by atoms with E-state index in [9.17, 15) is 4.79 Å². The van der Waals surface area contributed by atoms with Crippen molar-refractivity contribution in [1.29, 1.82) is 0 Å². The van der Waals surface area contributed by atoms with Gasteiger partial charge in [0.1, 0.15) is 5.69 Å². The average molecular weight is 465 g/mol. The topological polar surface area (TPSA) is 154 Å². The third-order valence-corrected chi connectivity index (χ3v) is 4.59.